The number of piperazine rings is 1. The normalized spacial score (nSPS) is 15.0. The summed E-state index contributed by atoms with van der Waals surface area (Å²) in [7, 11) is 0. The van der Waals surface area contributed by atoms with Crippen LogP contribution in [0.5, 0.6) is 0 Å². The second-order valence-corrected chi connectivity index (χ2v) is 8.30. The average molecular weight is 453 g/mol. The van der Waals surface area contributed by atoms with E-state index >= 15 is 0 Å². The Labute approximate surface area is 188 Å². The van der Waals surface area contributed by atoms with Gasteiger partial charge in [0.25, 0.3) is 5.91 Å². The van der Waals surface area contributed by atoms with Crippen molar-refractivity contribution in [3.8, 4) is 0 Å². The van der Waals surface area contributed by atoms with E-state index in [1.807, 2.05) is 18.2 Å². The number of carbonyl (C=O) groups is 2. The van der Waals surface area contributed by atoms with E-state index in [0.29, 0.717) is 54.5 Å². The maximum atomic E-state index is 12.9. The molecule has 1 aliphatic heterocycles. The number of para-hydroxylation sites is 2. The van der Waals surface area contributed by atoms with Crippen molar-refractivity contribution in [3.05, 3.63) is 69.8 Å². The molecular formula is C23H21ClN4O4. The third kappa shape index (κ3) is 3.83. The molecule has 0 bridgehead atoms. The molecule has 0 aliphatic carbocycles. The van der Waals surface area contributed by atoms with Crippen LogP contribution in [-0.4, -0.2) is 63.9 Å². The van der Waals surface area contributed by atoms with Gasteiger partial charge in [-0.05, 0) is 36.4 Å². The molecule has 0 spiro atoms. The highest BCUT2D eigenvalue weighted by Gasteiger charge is 2.24. The largest absolute Gasteiger partial charge is 0.426 e. The molecule has 8 nitrogen and oxygen atoms in total. The van der Waals surface area contributed by atoms with E-state index < -0.39 is 5.76 Å². The van der Waals surface area contributed by atoms with Crippen molar-refractivity contribution in [1.82, 2.24) is 19.4 Å². The number of nitrogens with one attached hydrogen (secondary N) is 1. The van der Waals surface area contributed by atoms with Gasteiger partial charge in [0, 0.05) is 55.1 Å². The van der Waals surface area contributed by atoms with Crippen molar-refractivity contribution in [2.24, 2.45) is 0 Å². The van der Waals surface area contributed by atoms with Gasteiger partial charge in [-0.1, -0.05) is 23.7 Å². The fourth-order valence-electron chi connectivity index (χ4n) is 4.13. The van der Waals surface area contributed by atoms with Crippen LogP contribution in [0.3, 0.4) is 0 Å². The van der Waals surface area contributed by atoms with Crippen molar-refractivity contribution in [2.45, 2.75) is 6.42 Å². The van der Waals surface area contributed by atoms with E-state index in [0.717, 1.165) is 15.5 Å². The summed E-state index contributed by atoms with van der Waals surface area (Å²) in [5, 5.41) is 1.53. The molecule has 0 saturated carbocycles. The molecule has 1 aliphatic rings. The van der Waals surface area contributed by atoms with E-state index in [-0.39, 0.29) is 18.2 Å². The summed E-state index contributed by atoms with van der Waals surface area (Å²) in [5.74, 6) is -1.01. The number of amides is 1. The highest BCUT2D eigenvalue weighted by atomic mass is 35.5. The molecule has 3 heterocycles. The minimum Gasteiger partial charge on any atom is -0.407 e. The number of benzene rings is 2. The number of hydrogen-bond acceptors (Lipinski definition) is 5. The van der Waals surface area contributed by atoms with Gasteiger partial charge in [0.15, 0.2) is 5.58 Å². The predicted octanol–water partition coefficient (Wildman–Crippen LogP) is 3.22. The van der Waals surface area contributed by atoms with Crippen molar-refractivity contribution in [3.63, 3.8) is 0 Å². The van der Waals surface area contributed by atoms with E-state index in [1.165, 1.54) is 0 Å². The number of aromatic amines is 1. The molecule has 0 unspecified atom stereocenters. The monoisotopic (exact) mass is 452 g/mol. The van der Waals surface area contributed by atoms with Crippen LogP contribution in [0.1, 0.15) is 21.7 Å². The van der Waals surface area contributed by atoms with Crippen LogP contribution in [0.2, 0.25) is 5.02 Å². The zero-order valence-electron chi connectivity index (χ0n) is 17.2. The Kier molecular flexibility index (Phi) is 5.32. The molecule has 0 atom stereocenters. The molecule has 1 fully saturated rings. The number of halogens is 1. The van der Waals surface area contributed by atoms with Gasteiger partial charge in [-0.3, -0.25) is 14.5 Å². The van der Waals surface area contributed by atoms with Gasteiger partial charge in [-0.15, -0.1) is 0 Å². The van der Waals surface area contributed by atoms with Crippen molar-refractivity contribution < 1.29 is 14.0 Å². The van der Waals surface area contributed by atoms with Crippen molar-refractivity contribution in [1.29, 1.82) is 0 Å². The Morgan fingerprint density at radius 2 is 1.81 bits per heavy atom. The number of hydrogen-bond donors (Lipinski definition) is 1. The lowest BCUT2D eigenvalue weighted by Gasteiger charge is -2.34. The molecule has 1 amide bonds. The Bertz CT molecular complexity index is 1380. The zero-order chi connectivity index (χ0) is 22.2. The van der Waals surface area contributed by atoms with E-state index in [1.54, 1.807) is 35.2 Å². The maximum Gasteiger partial charge on any atom is 0.426 e. The van der Waals surface area contributed by atoms with E-state index in [2.05, 4.69) is 9.88 Å². The van der Waals surface area contributed by atoms with Gasteiger partial charge in [0.2, 0.25) is 5.91 Å². The van der Waals surface area contributed by atoms with Crippen LogP contribution < -0.4 is 5.76 Å². The van der Waals surface area contributed by atoms with Crippen LogP contribution >= 0.6 is 11.6 Å². The molecular weight excluding hydrogens is 432 g/mol. The van der Waals surface area contributed by atoms with Gasteiger partial charge in [-0.25, -0.2) is 9.36 Å². The summed E-state index contributed by atoms with van der Waals surface area (Å²) < 4.78 is 6.24. The number of aromatic nitrogens is 2. The molecule has 1 N–H and O–H groups in total. The summed E-state index contributed by atoms with van der Waals surface area (Å²) in [4.78, 5) is 44.7. The summed E-state index contributed by atoms with van der Waals surface area (Å²) in [6, 6.07) is 14.2. The van der Waals surface area contributed by atoms with Crippen LogP contribution in [0.4, 0.5) is 0 Å². The van der Waals surface area contributed by atoms with Gasteiger partial charge < -0.3 is 14.3 Å². The summed E-state index contributed by atoms with van der Waals surface area (Å²) in [6.07, 6.45) is 0.195. The number of rotatable bonds is 4. The first-order valence-corrected chi connectivity index (χ1v) is 10.8. The minimum atomic E-state index is -0.661. The Morgan fingerprint density at radius 3 is 2.62 bits per heavy atom. The molecule has 2 aromatic heterocycles. The SMILES string of the molecule is O=C(c1cc2cc(Cl)ccc2[nH]1)N1CCN(CCC(=O)n2c(=O)oc3ccccc32)CC1. The molecule has 2 aromatic carbocycles. The molecule has 0 radical (unpaired) electrons. The lowest BCUT2D eigenvalue weighted by atomic mass is 10.2. The highest BCUT2D eigenvalue weighted by Crippen LogP contribution is 2.21. The lowest BCUT2D eigenvalue weighted by molar-refractivity contribution is 0.0618. The Hall–Kier alpha value is -3.36. The number of carbonyl (C=O) groups excluding carboxylic acids is 2. The number of nitrogens with zero attached hydrogens (tertiary/aromatic N) is 3. The van der Waals surface area contributed by atoms with Crippen molar-refractivity contribution >= 4 is 45.4 Å². The molecule has 1 saturated heterocycles. The summed E-state index contributed by atoms with van der Waals surface area (Å²) in [5.41, 5.74) is 2.30. The molecule has 5 rings (SSSR count). The fourth-order valence-corrected chi connectivity index (χ4v) is 4.31. The lowest BCUT2D eigenvalue weighted by Crippen LogP contribution is -2.49. The fraction of sp³-hybridized carbons (Fsp3) is 0.261. The summed E-state index contributed by atoms with van der Waals surface area (Å²) in [6.45, 7) is 2.96. The van der Waals surface area contributed by atoms with Crippen LogP contribution in [0, 0.1) is 0 Å². The van der Waals surface area contributed by atoms with Gasteiger partial charge in [0.05, 0.1) is 5.52 Å². The van der Waals surface area contributed by atoms with Crippen molar-refractivity contribution in [2.75, 3.05) is 32.7 Å². The van der Waals surface area contributed by atoms with Gasteiger partial charge in [-0.2, -0.15) is 0 Å². The van der Waals surface area contributed by atoms with Gasteiger partial charge in [0.1, 0.15) is 5.69 Å². The quantitative estimate of drug-likeness (QED) is 0.513. The van der Waals surface area contributed by atoms with Crippen LogP contribution in [-0.2, 0) is 0 Å². The highest BCUT2D eigenvalue weighted by molar-refractivity contribution is 6.31. The third-order valence-electron chi connectivity index (χ3n) is 5.85. The first-order chi connectivity index (χ1) is 15.5. The smallest absolute Gasteiger partial charge is 0.407 e. The zero-order valence-corrected chi connectivity index (χ0v) is 18.0. The molecule has 164 valence electrons. The van der Waals surface area contributed by atoms with Crippen LogP contribution in [0.15, 0.2) is 57.7 Å². The topological polar surface area (TPSA) is 91.5 Å². The number of oxazole rings is 1. The number of fused-ring (bicyclic) bond motifs is 2. The molecule has 9 heteroatoms. The average Bonchev–Trinajstić information content (AvgIpc) is 3.37. The first-order valence-electron chi connectivity index (χ1n) is 10.4. The molecule has 32 heavy (non-hydrogen) atoms. The predicted molar refractivity (Wildman–Crippen MR) is 121 cm³/mol. The second kappa shape index (κ2) is 8.29. The van der Waals surface area contributed by atoms with E-state index in [4.69, 9.17) is 16.0 Å². The Morgan fingerprint density at radius 1 is 1.03 bits per heavy atom. The maximum absolute atomic E-state index is 12.9. The second-order valence-electron chi connectivity index (χ2n) is 7.86. The molecule has 4 aromatic rings. The van der Waals surface area contributed by atoms with E-state index in [9.17, 15) is 14.4 Å². The van der Waals surface area contributed by atoms with Gasteiger partial charge >= 0.3 is 5.76 Å². The van der Waals surface area contributed by atoms with Crippen LogP contribution in [0.25, 0.3) is 22.0 Å². The first kappa shape index (κ1) is 20.5. The summed E-state index contributed by atoms with van der Waals surface area (Å²) >= 11 is 6.03. The Balaban J connectivity index is 1.18. The number of H-pyrrole nitrogens is 1. The third-order valence-corrected chi connectivity index (χ3v) is 6.09. The standard InChI is InChI=1S/C23H21ClN4O4/c24-16-5-6-17-15(13-16)14-18(25-17)22(30)27-11-9-26(10-12-27)8-7-21(29)28-19-3-1-2-4-20(19)32-23(28)31/h1-6,13-14,25H,7-12H2. The minimum absolute atomic E-state index is 0.0514.